The Morgan fingerprint density at radius 1 is 0.857 bits per heavy atom. The molecule has 1 aliphatic rings. The van der Waals surface area contributed by atoms with Gasteiger partial charge in [0.25, 0.3) is 0 Å². The van der Waals surface area contributed by atoms with Gasteiger partial charge in [0.05, 0.1) is 6.61 Å². The largest absolute Gasteiger partial charge is 0.494 e. The first-order valence-electron chi connectivity index (χ1n) is 12.2. The van der Waals surface area contributed by atoms with Crippen molar-refractivity contribution in [3.63, 3.8) is 0 Å². The predicted octanol–water partition coefficient (Wildman–Crippen LogP) is 8.52. The van der Waals surface area contributed by atoms with Crippen molar-refractivity contribution in [2.75, 3.05) is 6.61 Å². The van der Waals surface area contributed by atoms with Crippen LogP contribution in [-0.4, -0.2) is 6.61 Å². The highest BCUT2D eigenvalue weighted by Crippen LogP contribution is 2.32. The molecular weight excluding hydrogens is 340 g/mol. The molecule has 0 atom stereocenters. The van der Waals surface area contributed by atoms with Crippen LogP contribution in [0.4, 0.5) is 0 Å². The summed E-state index contributed by atoms with van der Waals surface area (Å²) in [6.07, 6.45) is 23.6. The topological polar surface area (TPSA) is 9.23 Å². The Morgan fingerprint density at radius 3 is 2.29 bits per heavy atom. The van der Waals surface area contributed by atoms with Crippen LogP contribution in [0.2, 0.25) is 0 Å². The third-order valence-electron chi connectivity index (χ3n) is 6.29. The zero-order valence-electron chi connectivity index (χ0n) is 18.6. The van der Waals surface area contributed by atoms with Gasteiger partial charge in [0, 0.05) is 0 Å². The molecule has 1 heteroatoms. The minimum Gasteiger partial charge on any atom is -0.494 e. The van der Waals surface area contributed by atoms with Crippen molar-refractivity contribution >= 4 is 0 Å². The lowest BCUT2D eigenvalue weighted by Gasteiger charge is -2.26. The van der Waals surface area contributed by atoms with Crippen molar-refractivity contribution in [2.45, 2.75) is 104 Å². The maximum atomic E-state index is 5.88. The van der Waals surface area contributed by atoms with Gasteiger partial charge in [-0.3, -0.25) is 0 Å². The van der Waals surface area contributed by atoms with Crippen LogP contribution in [0.1, 0.15) is 103 Å². The molecule has 0 spiro atoms. The van der Waals surface area contributed by atoms with E-state index in [0.29, 0.717) is 0 Å². The van der Waals surface area contributed by atoms with Crippen molar-refractivity contribution < 1.29 is 4.74 Å². The molecule has 0 N–H and O–H groups in total. The molecule has 0 saturated heterocycles. The van der Waals surface area contributed by atoms with Gasteiger partial charge in [0.15, 0.2) is 0 Å². The summed E-state index contributed by atoms with van der Waals surface area (Å²) in [5.74, 6) is 2.87. The zero-order chi connectivity index (χ0) is 19.9. The second-order valence-corrected chi connectivity index (χ2v) is 8.80. The van der Waals surface area contributed by atoms with Crippen molar-refractivity contribution in [2.24, 2.45) is 11.8 Å². The molecule has 158 valence electrons. The standard InChI is InChI=1S/C27H44O/c1-3-5-6-7-8-11-23-28-27-21-19-26(20-22-27)14-10-9-13-25-17-15-24(12-4-2)16-18-25/h9,13,19-22,24-25H,3-8,10-12,14-18,23H2,1-2H3/b13-9+. The van der Waals surface area contributed by atoms with Crippen LogP contribution >= 0.6 is 0 Å². The molecule has 1 aromatic rings. The zero-order valence-corrected chi connectivity index (χ0v) is 18.6. The molecule has 1 aliphatic carbocycles. The molecule has 1 fully saturated rings. The molecule has 2 rings (SSSR count). The molecule has 0 heterocycles. The van der Waals surface area contributed by atoms with E-state index in [2.05, 4.69) is 50.3 Å². The van der Waals surface area contributed by atoms with Gasteiger partial charge in [-0.1, -0.05) is 83.1 Å². The van der Waals surface area contributed by atoms with E-state index >= 15 is 0 Å². The van der Waals surface area contributed by atoms with Crippen molar-refractivity contribution in [3.05, 3.63) is 42.0 Å². The minimum atomic E-state index is 0.839. The number of rotatable bonds is 14. The van der Waals surface area contributed by atoms with Gasteiger partial charge < -0.3 is 4.74 Å². The van der Waals surface area contributed by atoms with Crippen LogP contribution in [0.3, 0.4) is 0 Å². The molecular formula is C27H44O. The van der Waals surface area contributed by atoms with E-state index in [9.17, 15) is 0 Å². The molecule has 1 saturated carbocycles. The van der Waals surface area contributed by atoms with Gasteiger partial charge in [-0.05, 0) is 74.5 Å². The highest BCUT2D eigenvalue weighted by atomic mass is 16.5. The first-order valence-corrected chi connectivity index (χ1v) is 12.2. The molecule has 1 nitrogen and oxygen atoms in total. The summed E-state index contributed by atoms with van der Waals surface area (Å²) in [6, 6.07) is 8.76. The SMILES string of the molecule is CCCCCCCCOc1ccc(CC/C=C/C2CCC(CCC)CC2)cc1. The second kappa shape index (κ2) is 14.7. The highest BCUT2D eigenvalue weighted by molar-refractivity contribution is 5.27. The minimum absolute atomic E-state index is 0.839. The maximum Gasteiger partial charge on any atom is 0.119 e. The summed E-state index contributed by atoms with van der Waals surface area (Å²) in [6.45, 7) is 5.44. The molecule has 0 aliphatic heterocycles. The fourth-order valence-corrected chi connectivity index (χ4v) is 4.44. The van der Waals surface area contributed by atoms with Crippen molar-refractivity contribution in [1.29, 1.82) is 0 Å². The summed E-state index contributed by atoms with van der Waals surface area (Å²) in [5, 5.41) is 0. The Hall–Kier alpha value is -1.24. The fraction of sp³-hybridized carbons (Fsp3) is 0.704. The monoisotopic (exact) mass is 384 g/mol. The quantitative estimate of drug-likeness (QED) is 0.231. The van der Waals surface area contributed by atoms with Gasteiger partial charge in [0.2, 0.25) is 0 Å². The van der Waals surface area contributed by atoms with Gasteiger partial charge in [-0.25, -0.2) is 0 Å². The number of benzene rings is 1. The Balaban J connectivity index is 1.55. The van der Waals surface area contributed by atoms with Crippen LogP contribution < -0.4 is 4.74 Å². The smallest absolute Gasteiger partial charge is 0.119 e. The molecule has 1 aromatic carbocycles. The van der Waals surface area contributed by atoms with Crippen molar-refractivity contribution in [1.82, 2.24) is 0 Å². The van der Waals surface area contributed by atoms with E-state index < -0.39 is 0 Å². The fourth-order valence-electron chi connectivity index (χ4n) is 4.44. The first-order chi connectivity index (χ1) is 13.8. The van der Waals surface area contributed by atoms with Gasteiger partial charge in [0.1, 0.15) is 5.75 Å². The summed E-state index contributed by atoms with van der Waals surface area (Å²) in [7, 11) is 0. The highest BCUT2D eigenvalue weighted by Gasteiger charge is 2.18. The van der Waals surface area contributed by atoms with E-state index in [1.807, 2.05) is 0 Å². The lowest BCUT2D eigenvalue weighted by atomic mass is 9.80. The van der Waals surface area contributed by atoms with E-state index in [1.165, 1.54) is 82.6 Å². The lowest BCUT2D eigenvalue weighted by molar-refractivity contribution is 0.294. The average molecular weight is 385 g/mol. The Labute approximate surface area is 175 Å². The molecule has 0 unspecified atom stereocenters. The van der Waals surface area contributed by atoms with Crippen LogP contribution in [0.15, 0.2) is 36.4 Å². The number of aryl methyl sites for hydroxylation is 1. The Morgan fingerprint density at radius 2 is 1.57 bits per heavy atom. The van der Waals surface area contributed by atoms with Gasteiger partial charge in [-0.2, -0.15) is 0 Å². The molecule has 28 heavy (non-hydrogen) atoms. The van der Waals surface area contributed by atoms with Crippen LogP contribution in [0, 0.1) is 11.8 Å². The summed E-state index contributed by atoms with van der Waals surface area (Å²) in [4.78, 5) is 0. The third-order valence-corrected chi connectivity index (χ3v) is 6.29. The predicted molar refractivity (Wildman–Crippen MR) is 123 cm³/mol. The summed E-state index contributed by atoms with van der Waals surface area (Å²) < 4.78 is 5.88. The Bertz CT molecular complexity index is 508. The third kappa shape index (κ3) is 9.80. The van der Waals surface area contributed by atoms with E-state index in [0.717, 1.165) is 37.0 Å². The number of allylic oxidation sites excluding steroid dienone is 2. The summed E-state index contributed by atoms with van der Waals surface area (Å²) >= 11 is 0. The van der Waals surface area contributed by atoms with Crippen LogP contribution in [0.25, 0.3) is 0 Å². The molecule has 0 bridgehead atoms. The summed E-state index contributed by atoms with van der Waals surface area (Å²) in [5.41, 5.74) is 1.42. The van der Waals surface area contributed by atoms with Gasteiger partial charge >= 0.3 is 0 Å². The molecule has 0 amide bonds. The van der Waals surface area contributed by atoms with E-state index in [1.54, 1.807) is 0 Å². The van der Waals surface area contributed by atoms with Crippen LogP contribution in [-0.2, 0) is 6.42 Å². The first kappa shape index (κ1) is 23.0. The van der Waals surface area contributed by atoms with Gasteiger partial charge in [-0.15, -0.1) is 0 Å². The van der Waals surface area contributed by atoms with Crippen LogP contribution in [0.5, 0.6) is 5.75 Å². The Kier molecular flexibility index (Phi) is 12.1. The van der Waals surface area contributed by atoms with E-state index in [4.69, 9.17) is 4.74 Å². The molecule has 0 aromatic heterocycles. The average Bonchev–Trinajstić information content (AvgIpc) is 2.73. The number of hydrogen-bond donors (Lipinski definition) is 0. The van der Waals surface area contributed by atoms with E-state index in [-0.39, 0.29) is 0 Å². The molecule has 0 radical (unpaired) electrons. The second-order valence-electron chi connectivity index (χ2n) is 8.80. The maximum absolute atomic E-state index is 5.88. The number of unbranched alkanes of at least 4 members (excludes halogenated alkanes) is 5. The normalized spacial score (nSPS) is 19.9. The number of hydrogen-bond acceptors (Lipinski definition) is 1. The lowest BCUT2D eigenvalue weighted by Crippen LogP contribution is -2.12. The van der Waals surface area contributed by atoms with Crippen molar-refractivity contribution in [3.8, 4) is 5.75 Å². The number of ether oxygens (including phenoxy) is 1.